The van der Waals surface area contributed by atoms with Crippen molar-refractivity contribution in [3.05, 3.63) is 56.4 Å². The summed E-state index contributed by atoms with van der Waals surface area (Å²) in [4.78, 5) is 44.3. The first kappa shape index (κ1) is 17.8. The average Bonchev–Trinajstić information content (AvgIpc) is 2.64. The van der Waals surface area contributed by atoms with E-state index in [1.165, 1.54) is 0 Å². The molecule has 3 rings (SSSR count). The van der Waals surface area contributed by atoms with E-state index in [1.807, 2.05) is 24.3 Å². The molecule has 1 aliphatic rings. The van der Waals surface area contributed by atoms with Crippen molar-refractivity contribution in [1.82, 2.24) is 14.9 Å². The van der Waals surface area contributed by atoms with Crippen molar-refractivity contribution in [3.8, 4) is 5.75 Å². The number of aromatic amines is 2. The molecule has 1 amide bonds. The Morgan fingerprint density at radius 3 is 2.31 bits per heavy atom. The smallest absolute Gasteiger partial charge is 0.325 e. The van der Waals surface area contributed by atoms with Crippen LogP contribution < -0.4 is 20.9 Å². The molecular weight excluding hydrogens is 336 g/mol. The number of ether oxygens (including phenoxy) is 1. The Labute approximate surface area is 150 Å². The molecule has 1 saturated heterocycles. The number of rotatable bonds is 4. The van der Waals surface area contributed by atoms with Gasteiger partial charge < -0.3 is 19.5 Å². The molecule has 0 spiro atoms. The van der Waals surface area contributed by atoms with Crippen molar-refractivity contribution in [3.63, 3.8) is 0 Å². The number of piperazine rings is 1. The highest BCUT2D eigenvalue weighted by Gasteiger charge is 2.23. The lowest BCUT2D eigenvalue weighted by atomic mass is 10.1. The maximum atomic E-state index is 12.5. The first-order chi connectivity index (χ1) is 12.5. The normalized spacial score (nSPS) is 14.4. The van der Waals surface area contributed by atoms with E-state index < -0.39 is 11.2 Å². The van der Waals surface area contributed by atoms with E-state index >= 15 is 0 Å². The van der Waals surface area contributed by atoms with Crippen molar-refractivity contribution in [2.45, 2.75) is 13.3 Å². The van der Waals surface area contributed by atoms with Crippen LogP contribution in [-0.2, 0) is 11.2 Å². The number of H-pyrrole nitrogens is 2. The van der Waals surface area contributed by atoms with Gasteiger partial charge >= 0.3 is 5.69 Å². The predicted octanol–water partition coefficient (Wildman–Crippen LogP) is 0.272. The van der Waals surface area contributed by atoms with Gasteiger partial charge in [0.2, 0.25) is 5.91 Å². The number of carbonyl (C=O) groups is 1. The molecule has 2 heterocycles. The van der Waals surface area contributed by atoms with Crippen LogP contribution in [0.2, 0.25) is 0 Å². The summed E-state index contributed by atoms with van der Waals surface area (Å²) >= 11 is 0. The summed E-state index contributed by atoms with van der Waals surface area (Å²) in [5, 5.41) is 0. The van der Waals surface area contributed by atoms with Crippen LogP contribution in [-0.4, -0.2) is 54.1 Å². The van der Waals surface area contributed by atoms with E-state index in [2.05, 4.69) is 14.9 Å². The number of nitrogens with zero attached hydrogens (tertiary/aromatic N) is 2. The fourth-order valence-corrected chi connectivity index (χ4v) is 3.11. The number of hydrogen-bond acceptors (Lipinski definition) is 5. The summed E-state index contributed by atoms with van der Waals surface area (Å²) in [5.74, 6) is 0.698. The third kappa shape index (κ3) is 3.79. The van der Waals surface area contributed by atoms with Crippen LogP contribution in [0.5, 0.6) is 5.75 Å². The Hall–Kier alpha value is -3.03. The fourth-order valence-electron chi connectivity index (χ4n) is 3.11. The van der Waals surface area contributed by atoms with Crippen LogP contribution in [0.4, 0.5) is 5.69 Å². The lowest BCUT2D eigenvalue weighted by Gasteiger charge is -2.36. The second-order valence-electron chi connectivity index (χ2n) is 6.25. The molecule has 1 fully saturated rings. The molecular formula is C18H22N4O4. The number of hydrogen-bond donors (Lipinski definition) is 2. The van der Waals surface area contributed by atoms with Gasteiger partial charge in [-0.25, -0.2) is 4.79 Å². The van der Waals surface area contributed by atoms with Gasteiger partial charge in [0, 0.05) is 43.1 Å². The monoisotopic (exact) mass is 358 g/mol. The second kappa shape index (κ2) is 7.47. The minimum Gasteiger partial charge on any atom is -0.497 e. The molecule has 26 heavy (non-hydrogen) atoms. The maximum Gasteiger partial charge on any atom is 0.325 e. The van der Waals surface area contributed by atoms with Crippen LogP contribution in [0.1, 0.15) is 11.3 Å². The molecule has 0 unspecified atom stereocenters. The molecule has 138 valence electrons. The average molecular weight is 358 g/mol. The van der Waals surface area contributed by atoms with Crippen LogP contribution in [0.25, 0.3) is 0 Å². The molecule has 0 atom stereocenters. The number of benzene rings is 1. The molecule has 2 N–H and O–H groups in total. The van der Waals surface area contributed by atoms with Crippen LogP contribution >= 0.6 is 0 Å². The van der Waals surface area contributed by atoms with Gasteiger partial charge in [0.25, 0.3) is 5.56 Å². The van der Waals surface area contributed by atoms with Gasteiger partial charge in [0.05, 0.1) is 13.5 Å². The molecule has 2 aromatic rings. The largest absolute Gasteiger partial charge is 0.497 e. The highest BCUT2D eigenvalue weighted by Crippen LogP contribution is 2.20. The number of methoxy groups -OCH3 is 1. The Kier molecular flexibility index (Phi) is 5.11. The Bertz CT molecular complexity index is 893. The molecule has 1 aromatic heterocycles. The predicted molar refractivity (Wildman–Crippen MR) is 97.9 cm³/mol. The third-order valence-corrected chi connectivity index (χ3v) is 4.65. The van der Waals surface area contributed by atoms with Gasteiger partial charge in [-0.2, -0.15) is 0 Å². The Morgan fingerprint density at radius 1 is 1.08 bits per heavy atom. The van der Waals surface area contributed by atoms with Crippen molar-refractivity contribution in [2.24, 2.45) is 0 Å². The van der Waals surface area contributed by atoms with Gasteiger partial charge in [-0.15, -0.1) is 0 Å². The lowest BCUT2D eigenvalue weighted by Crippen LogP contribution is -2.49. The highest BCUT2D eigenvalue weighted by molar-refractivity contribution is 5.79. The van der Waals surface area contributed by atoms with E-state index in [0.717, 1.165) is 24.5 Å². The number of aromatic nitrogens is 2. The minimum absolute atomic E-state index is 0.0134. The third-order valence-electron chi connectivity index (χ3n) is 4.65. The topological polar surface area (TPSA) is 98.5 Å². The summed E-state index contributed by atoms with van der Waals surface area (Å²) in [7, 11) is 1.63. The Morgan fingerprint density at radius 2 is 1.73 bits per heavy atom. The molecule has 0 aliphatic carbocycles. The van der Waals surface area contributed by atoms with Gasteiger partial charge in [0.15, 0.2) is 0 Å². The van der Waals surface area contributed by atoms with Gasteiger partial charge in [-0.1, -0.05) is 0 Å². The van der Waals surface area contributed by atoms with Crippen molar-refractivity contribution < 1.29 is 9.53 Å². The zero-order chi connectivity index (χ0) is 18.7. The summed E-state index contributed by atoms with van der Waals surface area (Å²) in [6, 6.07) is 7.83. The summed E-state index contributed by atoms with van der Waals surface area (Å²) in [6.07, 6.45) is -0.0134. The summed E-state index contributed by atoms with van der Waals surface area (Å²) < 4.78 is 5.17. The SMILES string of the molecule is COc1ccc(N2CCN(C(=O)Cc3c(C)[nH]c(=O)[nH]c3=O)CC2)cc1. The zero-order valence-electron chi connectivity index (χ0n) is 14.9. The van der Waals surface area contributed by atoms with Crippen molar-refractivity contribution in [2.75, 3.05) is 38.2 Å². The van der Waals surface area contributed by atoms with Crippen LogP contribution in [0.15, 0.2) is 33.9 Å². The first-order valence-electron chi connectivity index (χ1n) is 8.47. The molecule has 8 nitrogen and oxygen atoms in total. The molecule has 1 aromatic carbocycles. The van der Waals surface area contributed by atoms with Crippen molar-refractivity contribution >= 4 is 11.6 Å². The fraction of sp³-hybridized carbons (Fsp3) is 0.389. The van der Waals surface area contributed by atoms with Crippen molar-refractivity contribution in [1.29, 1.82) is 0 Å². The second-order valence-corrected chi connectivity index (χ2v) is 6.25. The van der Waals surface area contributed by atoms with E-state index in [4.69, 9.17) is 4.74 Å². The Balaban J connectivity index is 1.61. The number of anilines is 1. The summed E-state index contributed by atoms with van der Waals surface area (Å²) in [6.45, 7) is 4.25. The zero-order valence-corrected chi connectivity index (χ0v) is 14.9. The van der Waals surface area contributed by atoms with E-state index in [0.29, 0.717) is 24.3 Å². The van der Waals surface area contributed by atoms with Gasteiger partial charge in [-0.3, -0.25) is 14.6 Å². The van der Waals surface area contributed by atoms with Gasteiger partial charge in [-0.05, 0) is 31.2 Å². The van der Waals surface area contributed by atoms with Crippen LogP contribution in [0.3, 0.4) is 0 Å². The maximum absolute atomic E-state index is 12.5. The first-order valence-corrected chi connectivity index (χ1v) is 8.47. The number of amides is 1. The molecule has 0 bridgehead atoms. The van der Waals surface area contributed by atoms with E-state index in [9.17, 15) is 14.4 Å². The minimum atomic E-state index is -0.559. The van der Waals surface area contributed by atoms with Gasteiger partial charge in [0.1, 0.15) is 5.75 Å². The summed E-state index contributed by atoms with van der Waals surface area (Å²) in [5.41, 5.74) is 0.773. The van der Waals surface area contributed by atoms with Crippen LogP contribution in [0, 0.1) is 6.92 Å². The molecule has 1 aliphatic heterocycles. The molecule has 0 saturated carbocycles. The van der Waals surface area contributed by atoms with E-state index in [1.54, 1.807) is 18.9 Å². The standard InChI is InChI=1S/C18H22N4O4/c1-12-15(17(24)20-18(25)19-12)11-16(23)22-9-7-21(8-10-22)13-3-5-14(26-2)6-4-13/h3-6H,7-11H2,1-2H3,(H2,19,20,24,25). The van der Waals surface area contributed by atoms with E-state index in [-0.39, 0.29) is 12.3 Å². The lowest BCUT2D eigenvalue weighted by molar-refractivity contribution is -0.130. The number of nitrogens with one attached hydrogen (secondary N) is 2. The number of carbonyl (C=O) groups excluding carboxylic acids is 1. The molecule has 0 radical (unpaired) electrons. The number of aryl methyl sites for hydroxylation is 1. The quantitative estimate of drug-likeness (QED) is 0.818. The molecule has 8 heteroatoms. The highest BCUT2D eigenvalue weighted by atomic mass is 16.5.